The molecule has 10 aromatic rings. The Balaban J connectivity index is 1.10. The van der Waals surface area contributed by atoms with Crippen molar-refractivity contribution in [1.29, 1.82) is 0 Å². The van der Waals surface area contributed by atoms with Gasteiger partial charge in [0.1, 0.15) is 0 Å². The quantitative estimate of drug-likeness (QED) is 0.162. The van der Waals surface area contributed by atoms with Gasteiger partial charge in [0, 0.05) is 43.7 Å². The summed E-state index contributed by atoms with van der Waals surface area (Å²) in [5.41, 5.74) is 29.2. The molecule has 3 heterocycles. The highest BCUT2D eigenvalue weighted by Gasteiger charge is 2.57. The van der Waals surface area contributed by atoms with Gasteiger partial charge in [0.25, 0.3) is 6.71 Å². The maximum Gasteiger partial charge on any atom is 0.264 e. The third kappa shape index (κ3) is 6.29. The van der Waals surface area contributed by atoms with Crippen LogP contribution in [0.1, 0.15) is 85.4 Å². The summed E-state index contributed by atoms with van der Waals surface area (Å²) in [6.07, 6.45) is 0. The molecule has 4 heteroatoms. The van der Waals surface area contributed by atoms with E-state index in [1.807, 2.05) is 0 Å². The lowest BCUT2D eigenvalue weighted by Gasteiger charge is -2.44. The molecule has 2 nitrogen and oxygen atoms in total. The van der Waals surface area contributed by atoms with Crippen LogP contribution >= 0.6 is 11.3 Å². The summed E-state index contributed by atoms with van der Waals surface area (Å²) >= 11 is 2.06. The molecule has 1 aromatic heterocycles. The second-order valence-electron chi connectivity index (χ2n) is 23.0. The molecule has 0 saturated heterocycles. The fourth-order valence-corrected chi connectivity index (χ4v) is 14.7. The Morgan fingerprint density at radius 3 is 1.68 bits per heavy atom. The predicted octanol–water partition coefficient (Wildman–Crippen LogP) is 16.7. The summed E-state index contributed by atoms with van der Waals surface area (Å²) in [6.45, 7) is 18.4. The number of anilines is 6. The van der Waals surface area contributed by atoms with E-state index < -0.39 is 5.41 Å². The van der Waals surface area contributed by atoms with Crippen molar-refractivity contribution in [1.82, 2.24) is 0 Å². The highest BCUT2D eigenvalue weighted by atomic mass is 32.1. The number of hydrogen-bond donors (Lipinski definition) is 0. The third-order valence-corrected chi connectivity index (χ3v) is 17.8. The van der Waals surface area contributed by atoms with Gasteiger partial charge in [0.2, 0.25) is 0 Å². The molecule has 352 valence electrons. The van der Waals surface area contributed by atoms with Gasteiger partial charge >= 0.3 is 0 Å². The van der Waals surface area contributed by atoms with Crippen molar-refractivity contribution in [3.05, 3.63) is 244 Å². The Kier molecular flexibility index (Phi) is 9.46. The molecule has 9 aromatic carbocycles. The molecule has 0 atom stereocenters. The molecule has 73 heavy (non-hydrogen) atoms. The van der Waals surface area contributed by atoms with Crippen LogP contribution in [0.25, 0.3) is 44.5 Å². The van der Waals surface area contributed by atoms with E-state index in [0.29, 0.717) is 0 Å². The Hall–Kier alpha value is -7.66. The molecule has 0 N–H and O–H groups in total. The third-order valence-electron chi connectivity index (χ3n) is 16.5. The van der Waals surface area contributed by atoms with Gasteiger partial charge in [-0.05, 0) is 150 Å². The fourth-order valence-electron chi connectivity index (χ4n) is 13.1. The van der Waals surface area contributed by atoms with Gasteiger partial charge in [-0.25, -0.2) is 0 Å². The van der Waals surface area contributed by atoms with Gasteiger partial charge in [-0.3, -0.25) is 0 Å². The van der Waals surface area contributed by atoms with Crippen LogP contribution in [0.4, 0.5) is 34.1 Å². The molecular formula is C69H57BN2S. The second kappa shape index (κ2) is 15.7. The van der Waals surface area contributed by atoms with E-state index in [-0.39, 0.29) is 17.5 Å². The molecule has 4 aliphatic rings. The maximum absolute atomic E-state index is 2.65. The van der Waals surface area contributed by atoms with Crippen molar-refractivity contribution in [2.75, 3.05) is 9.80 Å². The number of para-hydroxylation sites is 1. The summed E-state index contributed by atoms with van der Waals surface area (Å²) in [7, 11) is 0. The minimum absolute atomic E-state index is 0.0200. The minimum Gasteiger partial charge on any atom is -0.311 e. The van der Waals surface area contributed by atoms with E-state index in [0.717, 1.165) is 5.69 Å². The van der Waals surface area contributed by atoms with Gasteiger partial charge in [0.05, 0.1) is 11.1 Å². The van der Waals surface area contributed by atoms with Gasteiger partial charge in [-0.15, -0.1) is 11.3 Å². The first kappa shape index (κ1) is 44.1. The Bertz CT molecular complexity index is 3860. The number of hydrogen-bond acceptors (Lipinski definition) is 3. The second-order valence-corrected chi connectivity index (χ2v) is 24.1. The molecule has 14 rings (SSSR count). The van der Waals surface area contributed by atoms with Gasteiger partial charge in [0.15, 0.2) is 0 Å². The van der Waals surface area contributed by atoms with Crippen molar-refractivity contribution in [2.24, 2.45) is 0 Å². The number of aryl methyl sites for hydroxylation is 2. The lowest BCUT2D eigenvalue weighted by molar-refractivity contribution is 0.590. The number of fused-ring (bicyclic) bond motifs is 15. The van der Waals surface area contributed by atoms with E-state index >= 15 is 0 Å². The number of thiophene rings is 1. The topological polar surface area (TPSA) is 6.48 Å². The lowest BCUT2D eigenvalue weighted by atomic mass is 9.36. The predicted molar refractivity (Wildman–Crippen MR) is 312 cm³/mol. The molecule has 0 bridgehead atoms. The van der Waals surface area contributed by atoms with Crippen LogP contribution in [0.3, 0.4) is 0 Å². The van der Waals surface area contributed by atoms with Gasteiger partial charge in [-0.1, -0.05) is 205 Å². The zero-order valence-electron chi connectivity index (χ0n) is 42.9. The number of nitrogens with zero attached hydrogens (tertiary/aromatic N) is 2. The van der Waals surface area contributed by atoms with Crippen LogP contribution in [-0.4, -0.2) is 6.71 Å². The molecule has 2 aliphatic heterocycles. The Labute approximate surface area is 435 Å². The zero-order valence-corrected chi connectivity index (χ0v) is 43.7. The fraction of sp³-hybridized carbons (Fsp3) is 0.159. The molecular weight excluding hydrogens is 900 g/mol. The highest BCUT2D eigenvalue weighted by molar-refractivity contribution is 7.30. The normalized spacial score (nSPS) is 14.3. The van der Waals surface area contributed by atoms with Crippen LogP contribution in [0, 0.1) is 13.8 Å². The zero-order chi connectivity index (χ0) is 49.7. The molecule has 1 spiro atoms. The van der Waals surface area contributed by atoms with E-state index in [4.69, 9.17) is 0 Å². The van der Waals surface area contributed by atoms with E-state index in [1.54, 1.807) is 0 Å². The maximum atomic E-state index is 2.65. The number of rotatable bonds is 4. The highest BCUT2D eigenvalue weighted by Crippen LogP contribution is 2.67. The summed E-state index contributed by atoms with van der Waals surface area (Å²) in [5.74, 6) is 0. The summed E-state index contributed by atoms with van der Waals surface area (Å²) in [5, 5.41) is 0. The standard InChI is InChI=1S/C69H57BN2S/c1-42-27-34-53-57(37-42)69(55-25-17-15-23-51(55)52-24-16-18-26-56(52)69)65-62(53)64-66(73-65)70-58-36-28-45(54-41-47(68(6,7)8)31-35-50(54)44-19-11-9-12-20-44)40-59(58)71(49-32-29-46(30-33-49)67(3,4)5)60-38-43(2)39-61(63(60)70)72(64)48-21-13-10-14-22-48/h9-41H,1-8H3. The van der Waals surface area contributed by atoms with Crippen LogP contribution in [0.5, 0.6) is 0 Å². The van der Waals surface area contributed by atoms with Crippen LogP contribution in [0.15, 0.2) is 200 Å². The lowest BCUT2D eigenvalue weighted by Crippen LogP contribution is -2.60. The molecule has 0 unspecified atom stereocenters. The summed E-state index contributed by atoms with van der Waals surface area (Å²) in [6, 6.07) is 76.8. The molecule has 0 amide bonds. The van der Waals surface area contributed by atoms with Gasteiger partial charge < -0.3 is 9.80 Å². The van der Waals surface area contributed by atoms with Crippen LogP contribution < -0.4 is 25.5 Å². The summed E-state index contributed by atoms with van der Waals surface area (Å²) in [4.78, 5) is 6.67. The van der Waals surface area contributed by atoms with Crippen LogP contribution in [0.2, 0.25) is 0 Å². The first-order valence-electron chi connectivity index (χ1n) is 26.0. The van der Waals surface area contributed by atoms with Crippen molar-refractivity contribution in [3.8, 4) is 44.5 Å². The van der Waals surface area contributed by atoms with Gasteiger partial charge in [-0.2, -0.15) is 0 Å². The first-order valence-corrected chi connectivity index (χ1v) is 26.8. The average Bonchev–Trinajstić information content (AvgIpc) is 4.02. The Morgan fingerprint density at radius 1 is 0.425 bits per heavy atom. The molecule has 0 fully saturated rings. The largest absolute Gasteiger partial charge is 0.311 e. The minimum atomic E-state index is -0.465. The van der Waals surface area contributed by atoms with Crippen molar-refractivity contribution >= 4 is 67.9 Å². The van der Waals surface area contributed by atoms with E-state index in [9.17, 15) is 0 Å². The summed E-state index contributed by atoms with van der Waals surface area (Å²) < 4.78 is 1.40. The molecule has 0 saturated carbocycles. The molecule has 0 radical (unpaired) electrons. The van der Waals surface area contributed by atoms with E-state index in [2.05, 4.69) is 277 Å². The smallest absolute Gasteiger partial charge is 0.264 e. The average molecular weight is 957 g/mol. The first-order chi connectivity index (χ1) is 35.3. The van der Waals surface area contributed by atoms with Crippen molar-refractivity contribution in [3.63, 3.8) is 0 Å². The monoisotopic (exact) mass is 956 g/mol. The van der Waals surface area contributed by atoms with Crippen molar-refractivity contribution in [2.45, 2.75) is 71.6 Å². The van der Waals surface area contributed by atoms with E-state index in [1.165, 1.54) is 132 Å². The van der Waals surface area contributed by atoms with Crippen LogP contribution in [-0.2, 0) is 16.2 Å². The van der Waals surface area contributed by atoms with Crippen molar-refractivity contribution < 1.29 is 0 Å². The SMILES string of the molecule is Cc1cc2c3c(c1)N(c1ccccc1)c1c(sc4c1-c1ccc(C)cc1C41c4ccccc4-c4ccccc41)B3c1ccc(-c3cc(C(C)(C)C)ccc3-c3ccccc3)cc1N2c1ccc(C(C)(C)C)cc1. The Morgan fingerprint density at radius 2 is 1.01 bits per heavy atom. The number of benzene rings is 9. The molecule has 2 aliphatic carbocycles.